The first-order valence-corrected chi connectivity index (χ1v) is 7.80. The van der Waals surface area contributed by atoms with E-state index in [0.717, 1.165) is 16.3 Å². The molecule has 4 nitrogen and oxygen atoms in total. The molecule has 21 heavy (non-hydrogen) atoms. The topological polar surface area (TPSA) is 50.3 Å². The van der Waals surface area contributed by atoms with Crippen molar-refractivity contribution in [3.05, 3.63) is 52.0 Å². The largest absolute Gasteiger partial charge is 0.275 e. The predicted octanol–water partition coefficient (Wildman–Crippen LogP) is 2.57. The van der Waals surface area contributed by atoms with Gasteiger partial charge in [0, 0.05) is 17.5 Å². The molecule has 1 atom stereocenters. The molecule has 3 rings (SSSR count). The van der Waals surface area contributed by atoms with Gasteiger partial charge in [-0.3, -0.25) is 14.5 Å². The molecule has 1 aliphatic rings. The number of likely N-dealkylation sites (tertiary alicyclic amines) is 1. The van der Waals surface area contributed by atoms with Crippen LogP contribution in [0.2, 0.25) is 0 Å². The van der Waals surface area contributed by atoms with Crippen LogP contribution in [0.1, 0.15) is 22.7 Å². The van der Waals surface area contributed by atoms with Gasteiger partial charge in [-0.2, -0.15) is 0 Å². The van der Waals surface area contributed by atoms with Gasteiger partial charge in [0.15, 0.2) is 0 Å². The number of thiazole rings is 1. The zero-order chi connectivity index (χ0) is 14.8. The summed E-state index contributed by atoms with van der Waals surface area (Å²) in [7, 11) is 0. The molecule has 2 amide bonds. The summed E-state index contributed by atoms with van der Waals surface area (Å²) in [6.45, 7) is 2.22. The fourth-order valence-corrected chi connectivity index (χ4v) is 3.35. The number of amides is 2. The van der Waals surface area contributed by atoms with E-state index in [1.54, 1.807) is 0 Å². The lowest BCUT2D eigenvalue weighted by Crippen LogP contribution is -2.30. The summed E-state index contributed by atoms with van der Waals surface area (Å²) < 4.78 is 0. The number of carbonyl (C=O) groups excluding carboxylic acids is 2. The number of carbonyl (C=O) groups is 2. The van der Waals surface area contributed by atoms with Crippen molar-refractivity contribution in [2.75, 3.05) is 0 Å². The van der Waals surface area contributed by atoms with E-state index in [1.807, 2.05) is 42.6 Å². The first-order chi connectivity index (χ1) is 10.1. The van der Waals surface area contributed by atoms with Crippen LogP contribution >= 0.6 is 11.3 Å². The highest BCUT2D eigenvalue weighted by molar-refractivity contribution is 7.09. The van der Waals surface area contributed by atoms with Crippen LogP contribution in [0.15, 0.2) is 35.7 Å². The summed E-state index contributed by atoms with van der Waals surface area (Å²) in [5.41, 5.74) is 2.02. The van der Waals surface area contributed by atoms with Crippen LogP contribution in [0.3, 0.4) is 0 Å². The summed E-state index contributed by atoms with van der Waals surface area (Å²) in [4.78, 5) is 30.2. The summed E-state index contributed by atoms with van der Waals surface area (Å²) in [5.74, 6) is -0.397. The van der Waals surface area contributed by atoms with Gasteiger partial charge in [0.2, 0.25) is 11.8 Å². The van der Waals surface area contributed by atoms with Gasteiger partial charge in [0.1, 0.15) is 5.01 Å². The molecule has 0 spiro atoms. The van der Waals surface area contributed by atoms with Crippen LogP contribution in [-0.2, 0) is 22.6 Å². The van der Waals surface area contributed by atoms with Crippen LogP contribution in [0.5, 0.6) is 0 Å². The number of hydrogen-bond donors (Lipinski definition) is 0. The van der Waals surface area contributed by atoms with E-state index in [-0.39, 0.29) is 17.7 Å². The van der Waals surface area contributed by atoms with Crippen molar-refractivity contribution in [1.82, 2.24) is 9.88 Å². The van der Waals surface area contributed by atoms with Crippen molar-refractivity contribution in [3.63, 3.8) is 0 Å². The minimum absolute atomic E-state index is 0.0725. The molecule has 2 aromatic rings. The molecule has 0 N–H and O–H groups in total. The highest BCUT2D eigenvalue weighted by Gasteiger charge is 2.38. The van der Waals surface area contributed by atoms with Gasteiger partial charge >= 0.3 is 0 Å². The summed E-state index contributed by atoms with van der Waals surface area (Å²) in [6.07, 6.45) is 0.927. The molecule has 2 heterocycles. The maximum absolute atomic E-state index is 12.4. The fraction of sp³-hybridized carbons (Fsp3) is 0.312. The average Bonchev–Trinajstić information content (AvgIpc) is 2.99. The fourth-order valence-electron chi connectivity index (χ4n) is 2.59. The lowest BCUT2D eigenvalue weighted by molar-refractivity contribution is -0.140. The van der Waals surface area contributed by atoms with Crippen LogP contribution in [0, 0.1) is 12.8 Å². The monoisotopic (exact) mass is 300 g/mol. The van der Waals surface area contributed by atoms with Crippen molar-refractivity contribution in [2.45, 2.75) is 26.3 Å². The maximum Gasteiger partial charge on any atom is 0.233 e. The van der Waals surface area contributed by atoms with Crippen LogP contribution in [0.25, 0.3) is 0 Å². The normalized spacial score (nSPS) is 18.5. The molecule has 1 aliphatic heterocycles. The van der Waals surface area contributed by atoms with Crippen molar-refractivity contribution < 1.29 is 9.59 Å². The van der Waals surface area contributed by atoms with E-state index >= 15 is 0 Å². The molecule has 0 radical (unpaired) electrons. The quantitative estimate of drug-likeness (QED) is 0.815. The second-order valence-electron chi connectivity index (χ2n) is 5.29. The maximum atomic E-state index is 12.4. The lowest BCUT2D eigenvalue weighted by Gasteiger charge is -2.13. The van der Waals surface area contributed by atoms with Gasteiger partial charge in [-0.05, 0) is 18.9 Å². The first-order valence-electron chi connectivity index (χ1n) is 6.92. The molecular formula is C16H16N2O2S. The molecule has 0 saturated carbocycles. The Hall–Kier alpha value is -2.01. The Balaban J connectivity index is 1.70. The van der Waals surface area contributed by atoms with Crippen molar-refractivity contribution in [1.29, 1.82) is 0 Å². The Morgan fingerprint density at radius 1 is 1.29 bits per heavy atom. The van der Waals surface area contributed by atoms with E-state index in [9.17, 15) is 9.59 Å². The smallest absolute Gasteiger partial charge is 0.233 e. The molecule has 1 aromatic carbocycles. The Bertz CT molecular complexity index is 666. The number of nitrogens with zero attached hydrogens (tertiary/aromatic N) is 2. The molecule has 0 unspecified atom stereocenters. The predicted molar refractivity (Wildman–Crippen MR) is 80.7 cm³/mol. The van der Waals surface area contributed by atoms with Crippen molar-refractivity contribution in [3.8, 4) is 0 Å². The molecule has 5 heteroatoms. The standard InChI is InChI=1S/C16H16N2O2S/c1-11-10-21-14(17-11)9-18-15(19)8-13(16(18)20)7-12-5-3-2-4-6-12/h2-6,10,13H,7-9H2,1H3/t13-/m0/s1. The number of aryl methyl sites for hydroxylation is 1. The Morgan fingerprint density at radius 2 is 2.05 bits per heavy atom. The molecule has 0 aliphatic carbocycles. The van der Waals surface area contributed by atoms with Gasteiger partial charge in [0.25, 0.3) is 0 Å². The van der Waals surface area contributed by atoms with Gasteiger partial charge in [-0.25, -0.2) is 4.98 Å². The summed E-state index contributed by atoms with van der Waals surface area (Å²) >= 11 is 1.49. The van der Waals surface area contributed by atoms with Gasteiger partial charge < -0.3 is 0 Å². The van der Waals surface area contributed by atoms with Crippen LogP contribution in [0.4, 0.5) is 0 Å². The molecular weight excluding hydrogens is 284 g/mol. The van der Waals surface area contributed by atoms with E-state index in [2.05, 4.69) is 4.98 Å². The highest BCUT2D eigenvalue weighted by Crippen LogP contribution is 2.25. The van der Waals surface area contributed by atoms with E-state index in [4.69, 9.17) is 0 Å². The van der Waals surface area contributed by atoms with Gasteiger partial charge in [0.05, 0.1) is 12.5 Å². The molecule has 1 aromatic heterocycles. The average molecular weight is 300 g/mol. The van der Waals surface area contributed by atoms with Crippen molar-refractivity contribution in [2.24, 2.45) is 5.92 Å². The Kier molecular flexibility index (Phi) is 3.84. The van der Waals surface area contributed by atoms with Crippen LogP contribution in [-0.4, -0.2) is 21.7 Å². The zero-order valence-corrected chi connectivity index (χ0v) is 12.6. The van der Waals surface area contributed by atoms with Crippen LogP contribution < -0.4 is 0 Å². The Labute approximate surface area is 127 Å². The molecule has 1 fully saturated rings. The molecule has 0 bridgehead atoms. The number of aromatic nitrogens is 1. The number of benzene rings is 1. The number of rotatable bonds is 4. The highest BCUT2D eigenvalue weighted by atomic mass is 32.1. The first kappa shape index (κ1) is 13.9. The van der Waals surface area contributed by atoms with E-state index in [1.165, 1.54) is 16.2 Å². The Morgan fingerprint density at radius 3 is 2.71 bits per heavy atom. The summed E-state index contributed by atoms with van der Waals surface area (Å²) in [5, 5.41) is 2.75. The van der Waals surface area contributed by atoms with E-state index in [0.29, 0.717) is 19.4 Å². The summed E-state index contributed by atoms with van der Waals surface area (Å²) in [6, 6.07) is 9.83. The minimum atomic E-state index is -0.235. The van der Waals surface area contributed by atoms with Gasteiger partial charge in [-0.15, -0.1) is 11.3 Å². The molecule has 1 saturated heterocycles. The number of hydrogen-bond acceptors (Lipinski definition) is 4. The zero-order valence-electron chi connectivity index (χ0n) is 11.8. The van der Waals surface area contributed by atoms with Gasteiger partial charge in [-0.1, -0.05) is 30.3 Å². The third kappa shape index (κ3) is 3.03. The lowest BCUT2D eigenvalue weighted by atomic mass is 9.98. The second-order valence-corrected chi connectivity index (χ2v) is 6.23. The minimum Gasteiger partial charge on any atom is -0.275 e. The SMILES string of the molecule is Cc1csc(CN2C(=O)C[C@H](Cc3ccccc3)C2=O)n1. The third-order valence-electron chi connectivity index (χ3n) is 3.62. The third-order valence-corrected chi connectivity index (χ3v) is 4.57. The van der Waals surface area contributed by atoms with Crippen molar-refractivity contribution >= 4 is 23.2 Å². The second kappa shape index (κ2) is 5.77. The number of imide groups is 1. The van der Waals surface area contributed by atoms with E-state index < -0.39 is 0 Å². The molecule has 108 valence electrons.